The van der Waals surface area contributed by atoms with Crippen LogP contribution in [-0.2, 0) is 22.5 Å². The number of carbonyl (C=O) groups is 1. The number of amides is 1. The summed E-state index contributed by atoms with van der Waals surface area (Å²) in [5.41, 5.74) is 3.65. The number of fused-ring (bicyclic) bond motifs is 3. The lowest BCUT2D eigenvalue weighted by atomic mass is 10.0. The standard InChI is InChI=1S/C28H30F2N2O3/c1-31(26-8-5-24(29)6-9-26)12-11-28(33)32-13-14-34-15-16-35-27-10-7-25(30)19-23(27)18-21-3-2-4-22(17-21)20-32/h2-10,17,19H,11-16,18,20H2,1H3. The average Bonchev–Trinajstić information content (AvgIpc) is 2.85. The van der Waals surface area contributed by atoms with Crippen LogP contribution in [0.3, 0.4) is 0 Å². The third kappa shape index (κ3) is 7.02. The molecule has 3 aromatic rings. The molecule has 3 aromatic carbocycles. The van der Waals surface area contributed by atoms with E-state index in [1.165, 1.54) is 24.3 Å². The fraction of sp³-hybridized carbons (Fsp3) is 0.321. The number of nitrogens with zero attached hydrogens (tertiary/aromatic N) is 2. The van der Waals surface area contributed by atoms with Crippen molar-refractivity contribution in [3.63, 3.8) is 0 Å². The summed E-state index contributed by atoms with van der Waals surface area (Å²) in [6, 6.07) is 18.8. The molecular formula is C28H30F2N2O3. The van der Waals surface area contributed by atoms with Crippen molar-refractivity contribution in [2.75, 3.05) is 44.9 Å². The molecule has 0 spiro atoms. The molecule has 1 aliphatic heterocycles. The Hall–Kier alpha value is -3.45. The van der Waals surface area contributed by atoms with Gasteiger partial charge in [-0.15, -0.1) is 0 Å². The molecule has 1 aliphatic rings. The van der Waals surface area contributed by atoms with Crippen LogP contribution in [0, 0.1) is 11.6 Å². The number of halogens is 2. The van der Waals surface area contributed by atoms with Crippen LogP contribution in [0.4, 0.5) is 14.5 Å². The van der Waals surface area contributed by atoms with Crippen LogP contribution in [-0.4, -0.2) is 50.8 Å². The van der Waals surface area contributed by atoms with Gasteiger partial charge in [-0.1, -0.05) is 24.3 Å². The fourth-order valence-corrected chi connectivity index (χ4v) is 4.13. The molecule has 0 aliphatic carbocycles. The number of hydrogen-bond acceptors (Lipinski definition) is 4. The third-order valence-electron chi connectivity index (χ3n) is 6.05. The largest absolute Gasteiger partial charge is 0.491 e. The van der Waals surface area contributed by atoms with Gasteiger partial charge in [-0.3, -0.25) is 4.79 Å². The van der Waals surface area contributed by atoms with Crippen LogP contribution in [0.5, 0.6) is 5.75 Å². The Kier molecular flexibility index (Phi) is 8.32. The molecule has 1 heterocycles. The molecule has 5 nitrogen and oxygen atoms in total. The second-order valence-electron chi connectivity index (χ2n) is 8.67. The van der Waals surface area contributed by atoms with Gasteiger partial charge in [-0.2, -0.15) is 0 Å². The van der Waals surface area contributed by atoms with Crippen LogP contribution in [0.15, 0.2) is 66.7 Å². The summed E-state index contributed by atoms with van der Waals surface area (Å²) in [6.07, 6.45) is 0.849. The van der Waals surface area contributed by atoms with Gasteiger partial charge in [0.1, 0.15) is 24.0 Å². The Bertz CT molecular complexity index is 1140. The second-order valence-corrected chi connectivity index (χ2v) is 8.67. The Morgan fingerprint density at radius 1 is 0.943 bits per heavy atom. The summed E-state index contributed by atoms with van der Waals surface area (Å²) in [6.45, 7) is 2.54. The molecule has 184 valence electrons. The fourth-order valence-electron chi connectivity index (χ4n) is 4.13. The lowest BCUT2D eigenvalue weighted by Crippen LogP contribution is -2.36. The number of rotatable bonds is 4. The van der Waals surface area contributed by atoms with E-state index in [4.69, 9.17) is 9.47 Å². The zero-order chi connectivity index (χ0) is 24.6. The van der Waals surface area contributed by atoms with Gasteiger partial charge in [0.25, 0.3) is 0 Å². The van der Waals surface area contributed by atoms with Crippen molar-refractivity contribution in [1.82, 2.24) is 4.90 Å². The molecule has 0 radical (unpaired) electrons. The summed E-state index contributed by atoms with van der Waals surface area (Å²) < 4.78 is 38.7. The number of benzene rings is 3. The first kappa shape index (κ1) is 24.7. The summed E-state index contributed by atoms with van der Waals surface area (Å²) in [7, 11) is 1.89. The summed E-state index contributed by atoms with van der Waals surface area (Å²) >= 11 is 0. The molecule has 0 unspecified atom stereocenters. The van der Waals surface area contributed by atoms with E-state index in [2.05, 4.69) is 0 Å². The van der Waals surface area contributed by atoms with Gasteiger partial charge in [0.05, 0.1) is 13.2 Å². The van der Waals surface area contributed by atoms with E-state index in [0.29, 0.717) is 58.0 Å². The van der Waals surface area contributed by atoms with Gasteiger partial charge in [-0.25, -0.2) is 8.78 Å². The highest BCUT2D eigenvalue weighted by Gasteiger charge is 2.16. The van der Waals surface area contributed by atoms with Crippen molar-refractivity contribution < 1.29 is 23.0 Å². The van der Waals surface area contributed by atoms with Gasteiger partial charge in [0.2, 0.25) is 5.91 Å². The molecule has 2 bridgehead atoms. The molecule has 0 aromatic heterocycles. The Labute approximate surface area is 204 Å². The molecule has 4 rings (SSSR count). The molecule has 0 atom stereocenters. The van der Waals surface area contributed by atoms with Crippen molar-refractivity contribution in [1.29, 1.82) is 0 Å². The summed E-state index contributed by atoms with van der Waals surface area (Å²) in [5.74, 6) is 0.0804. The molecule has 1 amide bonds. The van der Waals surface area contributed by atoms with Gasteiger partial charge in [-0.05, 0) is 53.6 Å². The number of anilines is 1. The van der Waals surface area contributed by atoms with Crippen LogP contribution in [0.2, 0.25) is 0 Å². The van der Waals surface area contributed by atoms with Crippen LogP contribution >= 0.6 is 0 Å². The van der Waals surface area contributed by atoms with Crippen LogP contribution in [0.25, 0.3) is 0 Å². The smallest absolute Gasteiger partial charge is 0.224 e. The van der Waals surface area contributed by atoms with E-state index in [1.54, 1.807) is 23.1 Å². The van der Waals surface area contributed by atoms with Gasteiger partial charge in [0.15, 0.2) is 0 Å². The van der Waals surface area contributed by atoms with Gasteiger partial charge >= 0.3 is 0 Å². The van der Waals surface area contributed by atoms with E-state index < -0.39 is 0 Å². The maximum absolute atomic E-state index is 13.9. The Balaban J connectivity index is 1.47. The second kappa shape index (κ2) is 11.8. The van der Waals surface area contributed by atoms with Gasteiger partial charge in [0, 0.05) is 50.8 Å². The third-order valence-corrected chi connectivity index (χ3v) is 6.05. The normalized spacial score (nSPS) is 14.4. The van der Waals surface area contributed by atoms with Crippen molar-refractivity contribution in [3.8, 4) is 5.75 Å². The minimum absolute atomic E-state index is 0.0173. The first-order valence-corrected chi connectivity index (χ1v) is 11.8. The topological polar surface area (TPSA) is 42.0 Å². The molecule has 0 N–H and O–H groups in total. The number of carbonyl (C=O) groups excluding carboxylic acids is 1. The molecule has 35 heavy (non-hydrogen) atoms. The lowest BCUT2D eigenvalue weighted by Gasteiger charge is -2.25. The highest BCUT2D eigenvalue weighted by atomic mass is 19.1. The Morgan fingerprint density at radius 2 is 1.71 bits per heavy atom. The van der Waals surface area contributed by atoms with E-state index in [0.717, 1.165) is 22.4 Å². The predicted octanol–water partition coefficient (Wildman–Crippen LogP) is 4.82. The summed E-state index contributed by atoms with van der Waals surface area (Å²) in [5, 5.41) is 0. The van der Waals surface area contributed by atoms with Crippen LogP contribution in [0.1, 0.15) is 23.1 Å². The highest BCUT2D eigenvalue weighted by molar-refractivity contribution is 5.77. The SMILES string of the molecule is CN(CCC(=O)N1CCOCCOc2ccc(F)cc2Cc2cccc(c2)C1)c1ccc(F)cc1. The Morgan fingerprint density at radius 3 is 2.54 bits per heavy atom. The van der Waals surface area contributed by atoms with Crippen LogP contribution < -0.4 is 9.64 Å². The minimum Gasteiger partial charge on any atom is -0.491 e. The van der Waals surface area contributed by atoms with Gasteiger partial charge < -0.3 is 19.3 Å². The van der Waals surface area contributed by atoms with E-state index in [1.807, 2.05) is 36.2 Å². The quantitative estimate of drug-likeness (QED) is 0.537. The molecular weight excluding hydrogens is 450 g/mol. The lowest BCUT2D eigenvalue weighted by molar-refractivity contribution is -0.132. The van der Waals surface area contributed by atoms with Crippen molar-refractivity contribution in [2.45, 2.75) is 19.4 Å². The highest BCUT2D eigenvalue weighted by Crippen LogP contribution is 2.24. The first-order chi connectivity index (χ1) is 17.0. The molecule has 7 heteroatoms. The van der Waals surface area contributed by atoms with Crippen molar-refractivity contribution in [3.05, 3.63) is 95.1 Å². The monoisotopic (exact) mass is 480 g/mol. The average molecular weight is 481 g/mol. The minimum atomic E-state index is -0.303. The zero-order valence-corrected chi connectivity index (χ0v) is 19.9. The maximum atomic E-state index is 13.9. The predicted molar refractivity (Wildman–Crippen MR) is 132 cm³/mol. The van der Waals surface area contributed by atoms with E-state index in [9.17, 15) is 13.6 Å². The summed E-state index contributed by atoms with van der Waals surface area (Å²) in [4.78, 5) is 16.9. The molecule has 0 saturated carbocycles. The number of hydrogen-bond donors (Lipinski definition) is 0. The zero-order valence-electron chi connectivity index (χ0n) is 19.9. The molecule has 0 fully saturated rings. The van der Waals surface area contributed by atoms with Crippen molar-refractivity contribution in [2.24, 2.45) is 0 Å². The number of ether oxygens (including phenoxy) is 2. The van der Waals surface area contributed by atoms with E-state index >= 15 is 0 Å². The molecule has 0 saturated heterocycles. The van der Waals surface area contributed by atoms with E-state index in [-0.39, 0.29) is 17.5 Å². The first-order valence-electron chi connectivity index (χ1n) is 11.8. The van der Waals surface area contributed by atoms with Crippen molar-refractivity contribution >= 4 is 11.6 Å². The maximum Gasteiger partial charge on any atom is 0.224 e.